The standard InChI is InChI=1S/C44H80O4/c1-3-5-6-7-8-9-10-11-12-14-19-22-25-28-31-34-37-41-44(47)48-42(38-4-2)39-35-32-29-26-23-20-17-15-13-16-18-21-24-27-30-33-36-40-43(45)46/h5-6,8-9,11-12,42H,3-4,7,10,13-41H2,1-2H3,(H,45,46)/b6-5-,9-8-,12-11-. The molecule has 1 atom stereocenters. The second kappa shape index (κ2) is 39.6. The van der Waals surface area contributed by atoms with E-state index in [0.29, 0.717) is 12.8 Å². The lowest BCUT2D eigenvalue weighted by molar-refractivity contribution is -0.150. The Labute approximate surface area is 299 Å². The average molecular weight is 673 g/mol. The number of ether oxygens (including phenoxy) is 1. The molecule has 0 aromatic heterocycles. The van der Waals surface area contributed by atoms with E-state index in [2.05, 4.69) is 50.3 Å². The molecule has 1 unspecified atom stereocenters. The Kier molecular flexibility index (Phi) is 38.1. The van der Waals surface area contributed by atoms with Crippen molar-refractivity contribution < 1.29 is 19.4 Å². The molecule has 280 valence electrons. The molecule has 0 aliphatic heterocycles. The van der Waals surface area contributed by atoms with Gasteiger partial charge < -0.3 is 9.84 Å². The lowest BCUT2D eigenvalue weighted by Gasteiger charge is -2.17. The fourth-order valence-corrected chi connectivity index (χ4v) is 6.37. The highest BCUT2D eigenvalue weighted by Gasteiger charge is 2.13. The molecular weight excluding hydrogens is 592 g/mol. The van der Waals surface area contributed by atoms with E-state index in [1.165, 1.54) is 135 Å². The molecule has 0 amide bonds. The topological polar surface area (TPSA) is 63.6 Å². The summed E-state index contributed by atoms with van der Waals surface area (Å²) in [6.07, 6.45) is 52.4. The lowest BCUT2D eigenvalue weighted by atomic mass is 10.0. The molecule has 0 heterocycles. The number of esters is 1. The third-order valence-electron chi connectivity index (χ3n) is 9.36. The maximum atomic E-state index is 12.4. The molecule has 0 rings (SSSR count). The molecule has 4 nitrogen and oxygen atoms in total. The Morgan fingerprint density at radius 1 is 0.479 bits per heavy atom. The summed E-state index contributed by atoms with van der Waals surface area (Å²) in [4.78, 5) is 23.0. The van der Waals surface area contributed by atoms with Crippen LogP contribution in [-0.2, 0) is 14.3 Å². The van der Waals surface area contributed by atoms with Crippen LogP contribution < -0.4 is 0 Å². The van der Waals surface area contributed by atoms with E-state index in [9.17, 15) is 9.59 Å². The molecule has 0 saturated carbocycles. The van der Waals surface area contributed by atoms with Crippen molar-refractivity contribution in [2.45, 2.75) is 232 Å². The van der Waals surface area contributed by atoms with Gasteiger partial charge in [0.25, 0.3) is 0 Å². The van der Waals surface area contributed by atoms with Gasteiger partial charge in [0.1, 0.15) is 6.10 Å². The molecule has 0 aromatic rings. The molecular formula is C44H80O4. The van der Waals surface area contributed by atoms with Crippen LogP contribution >= 0.6 is 0 Å². The zero-order valence-corrected chi connectivity index (χ0v) is 32.0. The normalized spacial score (nSPS) is 12.5. The van der Waals surface area contributed by atoms with Gasteiger partial charge in [0, 0.05) is 12.8 Å². The second-order valence-electron chi connectivity index (χ2n) is 14.2. The second-order valence-corrected chi connectivity index (χ2v) is 14.2. The smallest absolute Gasteiger partial charge is 0.306 e. The van der Waals surface area contributed by atoms with E-state index in [1.54, 1.807) is 0 Å². The number of allylic oxidation sites excluding steroid dienone is 6. The van der Waals surface area contributed by atoms with Gasteiger partial charge in [-0.05, 0) is 64.2 Å². The summed E-state index contributed by atoms with van der Waals surface area (Å²) >= 11 is 0. The minimum Gasteiger partial charge on any atom is -0.481 e. The quantitative estimate of drug-likeness (QED) is 0.0403. The van der Waals surface area contributed by atoms with Gasteiger partial charge in [0.2, 0.25) is 0 Å². The zero-order valence-electron chi connectivity index (χ0n) is 32.0. The first kappa shape index (κ1) is 46.2. The SMILES string of the molecule is CC/C=C\C/C=C\C/C=C\CCCCCCCCCC(=O)OC(CCC)CCCCCCCCCCCCCCCCCCCC(=O)O. The van der Waals surface area contributed by atoms with Crippen LogP contribution in [0.15, 0.2) is 36.5 Å². The minimum atomic E-state index is -0.662. The summed E-state index contributed by atoms with van der Waals surface area (Å²) in [6.45, 7) is 4.36. The zero-order chi connectivity index (χ0) is 35.0. The minimum absolute atomic E-state index is 0.0254. The van der Waals surface area contributed by atoms with Gasteiger partial charge in [-0.25, -0.2) is 0 Å². The van der Waals surface area contributed by atoms with Crippen molar-refractivity contribution in [1.82, 2.24) is 0 Å². The Bertz CT molecular complexity index is 768. The van der Waals surface area contributed by atoms with Crippen molar-refractivity contribution in [1.29, 1.82) is 0 Å². The van der Waals surface area contributed by atoms with Gasteiger partial charge in [-0.15, -0.1) is 0 Å². The molecule has 0 aliphatic carbocycles. The summed E-state index contributed by atoms with van der Waals surface area (Å²) in [6, 6.07) is 0. The van der Waals surface area contributed by atoms with Gasteiger partial charge in [-0.3, -0.25) is 9.59 Å². The van der Waals surface area contributed by atoms with Crippen LogP contribution in [0.3, 0.4) is 0 Å². The number of unbranched alkanes of at least 4 members (excludes halogenated alkanes) is 23. The molecule has 0 saturated heterocycles. The molecule has 1 N–H and O–H groups in total. The number of carbonyl (C=O) groups excluding carboxylic acids is 1. The Morgan fingerprint density at radius 3 is 1.33 bits per heavy atom. The molecule has 0 bridgehead atoms. The highest BCUT2D eigenvalue weighted by atomic mass is 16.5. The molecule has 48 heavy (non-hydrogen) atoms. The van der Waals surface area contributed by atoms with E-state index in [4.69, 9.17) is 9.84 Å². The van der Waals surface area contributed by atoms with E-state index in [-0.39, 0.29) is 12.1 Å². The summed E-state index contributed by atoms with van der Waals surface area (Å²) in [7, 11) is 0. The number of hydrogen-bond donors (Lipinski definition) is 1. The summed E-state index contributed by atoms with van der Waals surface area (Å²) in [5.74, 6) is -0.637. The number of hydrogen-bond acceptors (Lipinski definition) is 3. The monoisotopic (exact) mass is 673 g/mol. The van der Waals surface area contributed by atoms with E-state index in [0.717, 1.165) is 64.2 Å². The summed E-state index contributed by atoms with van der Waals surface area (Å²) in [5, 5.41) is 8.66. The molecule has 0 aliphatic rings. The van der Waals surface area contributed by atoms with Crippen LogP contribution in [0.25, 0.3) is 0 Å². The van der Waals surface area contributed by atoms with E-state index in [1.807, 2.05) is 0 Å². The van der Waals surface area contributed by atoms with Crippen molar-refractivity contribution in [3.05, 3.63) is 36.5 Å². The highest BCUT2D eigenvalue weighted by Crippen LogP contribution is 2.18. The first-order valence-electron chi connectivity index (χ1n) is 21.0. The van der Waals surface area contributed by atoms with Crippen LogP contribution in [0.1, 0.15) is 226 Å². The van der Waals surface area contributed by atoms with Crippen LogP contribution in [0.2, 0.25) is 0 Å². The number of carboxylic acids is 1. The summed E-state index contributed by atoms with van der Waals surface area (Å²) in [5.41, 5.74) is 0. The molecule has 0 aromatic carbocycles. The Hall–Kier alpha value is -1.84. The van der Waals surface area contributed by atoms with Gasteiger partial charge in [-0.1, -0.05) is 185 Å². The average Bonchev–Trinajstić information content (AvgIpc) is 3.07. The Balaban J connectivity index is 3.52. The van der Waals surface area contributed by atoms with Crippen LogP contribution in [0, 0.1) is 0 Å². The molecule has 0 fully saturated rings. The van der Waals surface area contributed by atoms with E-state index >= 15 is 0 Å². The number of carbonyl (C=O) groups is 2. The van der Waals surface area contributed by atoms with Crippen molar-refractivity contribution >= 4 is 11.9 Å². The van der Waals surface area contributed by atoms with Crippen molar-refractivity contribution in [2.75, 3.05) is 0 Å². The predicted octanol–water partition coefficient (Wildman–Crippen LogP) is 14.6. The van der Waals surface area contributed by atoms with Crippen LogP contribution in [0.5, 0.6) is 0 Å². The number of aliphatic carboxylic acids is 1. The van der Waals surface area contributed by atoms with Gasteiger partial charge in [-0.2, -0.15) is 0 Å². The molecule has 4 heteroatoms. The maximum Gasteiger partial charge on any atom is 0.306 e. The first-order valence-corrected chi connectivity index (χ1v) is 21.0. The van der Waals surface area contributed by atoms with Crippen molar-refractivity contribution in [3.63, 3.8) is 0 Å². The maximum absolute atomic E-state index is 12.4. The third kappa shape index (κ3) is 38.6. The van der Waals surface area contributed by atoms with Gasteiger partial charge >= 0.3 is 11.9 Å². The van der Waals surface area contributed by atoms with Gasteiger partial charge in [0.15, 0.2) is 0 Å². The highest BCUT2D eigenvalue weighted by molar-refractivity contribution is 5.69. The van der Waals surface area contributed by atoms with Crippen molar-refractivity contribution in [2.24, 2.45) is 0 Å². The first-order chi connectivity index (χ1) is 23.6. The van der Waals surface area contributed by atoms with Crippen molar-refractivity contribution in [3.8, 4) is 0 Å². The van der Waals surface area contributed by atoms with E-state index < -0.39 is 5.97 Å². The fourth-order valence-electron chi connectivity index (χ4n) is 6.37. The van der Waals surface area contributed by atoms with Crippen LogP contribution in [0.4, 0.5) is 0 Å². The fraction of sp³-hybridized carbons (Fsp3) is 0.818. The predicted molar refractivity (Wildman–Crippen MR) is 209 cm³/mol. The molecule has 0 spiro atoms. The lowest BCUT2D eigenvalue weighted by Crippen LogP contribution is -2.18. The largest absolute Gasteiger partial charge is 0.481 e. The Morgan fingerprint density at radius 2 is 0.875 bits per heavy atom. The third-order valence-corrected chi connectivity index (χ3v) is 9.36. The molecule has 0 radical (unpaired) electrons. The number of rotatable bonds is 38. The van der Waals surface area contributed by atoms with Gasteiger partial charge in [0.05, 0.1) is 0 Å². The van der Waals surface area contributed by atoms with Crippen LogP contribution in [-0.4, -0.2) is 23.1 Å². The summed E-state index contributed by atoms with van der Waals surface area (Å²) < 4.78 is 5.89. The number of carboxylic acid groups (broad SMARTS) is 1.